The third-order valence-electron chi connectivity index (χ3n) is 4.98. The Morgan fingerprint density at radius 1 is 1.00 bits per heavy atom. The van der Waals surface area contributed by atoms with Crippen LogP contribution >= 0.6 is 0 Å². The molecule has 1 aliphatic rings. The number of rotatable bonds is 14. The smallest absolute Gasteiger partial charge is 0.224 e. The molecule has 0 aromatic heterocycles. The fourth-order valence-electron chi connectivity index (χ4n) is 3.30. The summed E-state index contributed by atoms with van der Waals surface area (Å²) in [5.41, 5.74) is 1.38. The van der Waals surface area contributed by atoms with Gasteiger partial charge < -0.3 is 14.8 Å². The molecule has 1 N–H and O–H groups in total. The number of carbonyl (C=O) groups excluding carboxylic acids is 1. The highest BCUT2D eigenvalue weighted by molar-refractivity contribution is 5.83. The number of allylic oxidation sites excluding steroid dienone is 2. The minimum Gasteiger partial charge on any atom is -0.379 e. The molecule has 1 saturated carbocycles. The van der Waals surface area contributed by atoms with Crippen LogP contribution in [0.1, 0.15) is 66.7 Å². The molecule has 1 rings (SSSR count). The molecule has 2 atom stereocenters. The van der Waals surface area contributed by atoms with Gasteiger partial charge in [0.25, 0.3) is 0 Å². The minimum absolute atomic E-state index is 0.0896. The Morgan fingerprint density at radius 2 is 1.64 bits per heavy atom. The molecule has 0 unspecified atom stereocenters. The fraction of sp³-hybridized carbons (Fsp3) is 0.857. The van der Waals surface area contributed by atoms with Crippen LogP contribution in [0.3, 0.4) is 0 Å². The molecule has 1 fully saturated rings. The third kappa shape index (κ3) is 8.37. The van der Waals surface area contributed by atoms with E-state index >= 15 is 0 Å². The average molecular weight is 354 g/mol. The van der Waals surface area contributed by atoms with Gasteiger partial charge in [-0.2, -0.15) is 0 Å². The van der Waals surface area contributed by atoms with Crippen LogP contribution in [0.4, 0.5) is 0 Å². The molecule has 25 heavy (non-hydrogen) atoms. The summed E-state index contributed by atoms with van der Waals surface area (Å²) in [6.07, 6.45) is 8.03. The van der Waals surface area contributed by atoms with Crippen molar-refractivity contribution in [1.82, 2.24) is 5.32 Å². The first kappa shape index (κ1) is 22.2. The molecule has 1 amide bonds. The standard InChI is InChI=1S/C21H39NO3/c1-6-7-8-9-12-24-14-15-25-13-10-11-22-20(23)19-18(16-17(2)3)21(19,4)5/h16,18-19H,6-15H2,1-5H3,(H,22,23)/t18-,19+/m1/s1. The van der Waals surface area contributed by atoms with Gasteiger partial charge in [0.2, 0.25) is 5.91 Å². The van der Waals surface area contributed by atoms with E-state index in [0.717, 1.165) is 19.4 Å². The van der Waals surface area contributed by atoms with Crippen LogP contribution in [0, 0.1) is 17.3 Å². The van der Waals surface area contributed by atoms with Gasteiger partial charge in [-0.3, -0.25) is 4.79 Å². The molecule has 4 nitrogen and oxygen atoms in total. The van der Waals surface area contributed by atoms with Crippen LogP contribution < -0.4 is 5.32 Å². The number of carbonyl (C=O) groups is 1. The maximum atomic E-state index is 12.3. The highest BCUT2D eigenvalue weighted by Gasteiger charge is 2.60. The lowest BCUT2D eigenvalue weighted by Gasteiger charge is -2.07. The predicted molar refractivity (Wildman–Crippen MR) is 104 cm³/mol. The average Bonchev–Trinajstić information content (AvgIpc) is 3.08. The van der Waals surface area contributed by atoms with E-state index in [-0.39, 0.29) is 17.2 Å². The zero-order valence-corrected chi connectivity index (χ0v) is 17.0. The summed E-state index contributed by atoms with van der Waals surface area (Å²) in [7, 11) is 0. The topological polar surface area (TPSA) is 47.6 Å². The lowest BCUT2D eigenvalue weighted by Crippen LogP contribution is -2.28. The van der Waals surface area contributed by atoms with Crippen molar-refractivity contribution in [2.75, 3.05) is 33.0 Å². The van der Waals surface area contributed by atoms with E-state index in [2.05, 4.69) is 46.0 Å². The second kappa shape index (κ2) is 11.7. The molecular weight excluding hydrogens is 314 g/mol. The molecule has 0 saturated heterocycles. The second-order valence-electron chi connectivity index (χ2n) is 8.00. The Labute approximate surface area is 154 Å². The summed E-state index contributed by atoms with van der Waals surface area (Å²) in [4.78, 5) is 12.3. The molecule has 4 heteroatoms. The summed E-state index contributed by atoms with van der Waals surface area (Å²) in [5, 5.41) is 3.05. The summed E-state index contributed by atoms with van der Waals surface area (Å²) >= 11 is 0. The molecule has 0 aromatic carbocycles. The quantitative estimate of drug-likeness (QED) is 0.373. The Morgan fingerprint density at radius 3 is 2.24 bits per heavy atom. The number of nitrogens with one attached hydrogen (secondary N) is 1. The van der Waals surface area contributed by atoms with Crippen LogP contribution in [-0.2, 0) is 14.3 Å². The highest BCUT2D eigenvalue weighted by Crippen LogP contribution is 2.59. The van der Waals surface area contributed by atoms with Crippen molar-refractivity contribution >= 4 is 5.91 Å². The number of unbranched alkanes of at least 4 members (excludes halogenated alkanes) is 3. The maximum absolute atomic E-state index is 12.3. The first-order valence-corrected chi connectivity index (χ1v) is 9.99. The van der Waals surface area contributed by atoms with Gasteiger partial charge in [-0.25, -0.2) is 0 Å². The largest absolute Gasteiger partial charge is 0.379 e. The molecule has 0 spiro atoms. The van der Waals surface area contributed by atoms with Gasteiger partial charge in [-0.1, -0.05) is 51.7 Å². The number of amides is 1. The zero-order chi connectivity index (χ0) is 18.7. The van der Waals surface area contributed by atoms with E-state index in [1.54, 1.807) is 0 Å². The number of hydrogen-bond acceptors (Lipinski definition) is 3. The summed E-state index contributed by atoms with van der Waals surface area (Å²) in [6, 6.07) is 0. The summed E-state index contributed by atoms with van der Waals surface area (Å²) in [6.45, 7) is 14.2. The number of hydrogen-bond donors (Lipinski definition) is 1. The molecule has 146 valence electrons. The van der Waals surface area contributed by atoms with Crippen molar-refractivity contribution in [3.05, 3.63) is 11.6 Å². The van der Waals surface area contributed by atoms with Gasteiger partial charge in [-0.05, 0) is 38.0 Å². The molecular formula is C21H39NO3. The molecule has 0 heterocycles. The summed E-state index contributed by atoms with van der Waals surface area (Å²) < 4.78 is 11.1. The van der Waals surface area contributed by atoms with Gasteiger partial charge in [-0.15, -0.1) is 0 Å². The Balaban J connectivity index is 1.97. The van der Waals surface area contributed by atoms with Crippen LogP contribution in [-0.4, -0.2) is 38.9 Å². The van der Waals surface area contributed by atoms with Crippen molar-refractivity contribution in [3.63, 3.8) is 0 Å². The van der Waals surface area contributed by atoms with Crippen molar-refractivity contribution in [1.29, 1.82) is 0 Å². The van der Waals surface area contributed by atoms with Crippen LogP contribution in [0.25, 0.3) is 0 Å². The van der Waals surface area contributed by atoms with Crippen molar-refractivity contribution in [2.24, 2.45) is 17.3 Å². The molecule has 0 aromatic rings. The molecule has 0 aliphatic heterocycles. The highest BCUT2D eigenvalue weighted by atomic mass is 16.5. The number of ether oxygens (including phenoxy) is 2. The monoisotopic (exact) mass is 353 g/mol. The zero-order valence-electron chi connectivity index (χ0n) is 17.0. The van der Waals surface area contributed by atoms with E-state index in [1.165, 1.54) is 24.8 Å². The Kier molecular flexibility index (Phi) is 10.4. The van der Waals surface area contributed by atoms with E-state index in [9.17, 15) is 4.79 Å². The first-order chi connectivity index (χ1) is 11.9. The normalized spacial score (nSPS) is 21.0. The van der Waals surface area contributed by atoms with Gasteiger partial charge in [0.1, 0.15) is 0 Å². The molecule has 0 bridgehead atoms. The van der Waals surface area contributed by atoms with Crippen molar-refractivity contribution in [3.8, 4) is 0 Å². The maximum Gasteiger partial charge on any atom is 0.224 e. The Bertz CT molecular complexity index is 413. The lowest BCUT2D eigenvalue weighted by atomic mass is 10.1. The van der Waals surface area contributed by atoms with Gasteiger partial charge in [0.15, 0.2) is 0 Å². The molecule has 1 aliphatic carbocycles. The first-order valence-electron chi connectivity index (χ1n) is 9.99. The minimum atomic E-state index is 0.0896. The SMILES string of the molecule is CCCCCCOCCOCCCNC(=O)[C@@H]1[C@@H](C=C(C)C)C1(C)C. The van der Waals surface area contributed by atoms with Crippen LogP contribution in [0.5, 0.6) is 0 Å². The predicted octanol–water partition coefficient (Wildman–Crippen LogP) is 4.34. The second-order valence-corrected chi connectivity index (χ2v) is 8.00. The lowest BCUT2D eigenvalue weighted by molar-refractivity contribution is -0.123. The van der Waals surface area contributed by atoms with Crippen molar-refractivity contribution in [2.45, 2.75) is 66.7 Å². The van der Waals surface area contributed by atoms with E-state index in [4.69, 9.17) is 9.47 Å². The van der Waals surface area contributed by atoms with Crippen molar-refractivity contribution < 1.29 is 14.3 Å². The van der Waals surface area contributed by atoms with Gasteiger partial charge in [0.05, 0.1) is 19.1 Å². The fourth-order valence-corrected chi connectivity index (χ4v) is 3.30. The van der Waals surface area contributed by atoms with Crippen LogP contribution in [0.15, 0.2) is 11.6 Å². The van der Waals surface area contributed by atoms with E-state index in [0.29, 0.717) is 32.3 Å². The van der Waals surface area contributed by atoms with Gasteiger partial charge >= 0.3 is 0 Å². The third-order valence-corrected chi connectivity index (χ3v) is 4.98. The van der Waals surface area contributed by atoms with E-state index < -0.39 is 0 Å². The Hall–Kier alpha value is -0.870. The molecule has 0 radical (unpaired) electrons. The van der Waals surface area contributed by atoms with Gasteiger partial charge in [0, 0.05) is 19.8 Å². The van der Waals surface area contributed by atoms with Crippen LogP contribution in [0.2, 0.25) is 0 Å². The van der Waals surface area contributed by atoms with E-state index in [1.807, 2.05) is 0 Å². The summed E-state index contributed by atoms with van der Waals surface area (Å²) in [5.74, 6) is 0.676.